The van der Waals surface area contributed by atoms with Gasteiger partial charge >= 0.3 is 6.03 Å². The van der Waals surface area contributed by atoms with Crippen molar-refractivity contribution in [1.29, 1.82) is 0 Å². The fraction of sp³-hybridized carbons (Fsp3) is 0.970. The number of hydrogen-bond donors (Lipinski definition) is 1. The summed E-state index contributed by atoms with van der Waals surface area (Å²) in [5.41, 5.74) is 0. The summed E-state index contributed by atoms with van der Waals surface area (Å²) in [7, 11) is 0. The lowest BCUT2D eigenvalue weighted by atomic mass is 9.91. The molecule has 1 aliphatic heterocycles. The number of nitrogens with one attached hydrogen (secondary N) is 1. The standard InChI is InChI=1S/C33H66N2O2/c1-7-14-28(3)17-11-18-29(4)15-9-10-16-30(5)19-12-20-31(6)21-13-24-34-33(36)35-25-22-32(23-26-35)37-27-8-2/h28-32H,7-27H2,1-6H3,(H,34,36). The van der Waals surface area contributed by atoms with Crippen molar-refractivity contribution in [2.24, 2.45) is 23.7 Å². The van der Waals surface area contributed by atoms with Gasteiger partial charge in [0.25, 0.3) is 0 Å². The van der Waals surface area contributed by atoms with E-state index in [0.717, 1.165) is 75.6 Å². The highest BCUT2D eigenvalue weighted by Gasteiger charge is 2.22. The van der Waals surface area contributed by atoms with Gasteiger partial charge in [-0.15, -0.1) is 0 Å². The zero-order chi connectivity index (χ0) is 27.3. The van der Waals surface area contributed by atoms with Gasteiger partial charge in [0.15, 0.2) is 0 Å². The number of hydrogen-bond acceptors (Lipinski definition) is 2. The van der Waals surface area contributed by atoms with Crippen LogP contribution in [0.15, 0.2) is 0 Å². The summed E-state index contributed by atoms with van der Waals surface area (Å²) < 4.78 is 5.83. The number of carbonyl (C=O) groups excluding carboxylic acids is 1. The quantitative estimate of drug-likeness (QED) is 0.144. The minimum absolute atomic E-state index is 0.117. The number of nitrogens with zero attached hydrogens (tertiary/aromatic N) is 1. The maximum Gasteiger partial charge on any atom is 0.317 e. The van der Waals surface area contributed by atoms with Gasteiger partial charge in [0.2, 0.25) is 0 Å². The average Bonchev–Trinajstić information content (AvgIpc) is 2.88. The summed E-state index contributed by atoms with van der Waals surface area (Å²) in [5, 5.41) is 3.14. The molecule has 0 radical (unpaired) electrons. The Balaban J connectivity index is 1.96. The SMILES string of the molecule is CCCOC1CCN(C(=O)NCCCC(C)CCCC(C)CCCCC(C)CCCC(C)CCC)CC1. The van der Waals surface area contributed by atoms with Crippen LogP contribution in [0, 0.1) is 23.7 Å². The smallest absolute Gasteiger partial charge is 0.317 e. The molecule has 220 valence electrons. The van der Waals surface area contributed by atoms with Gasteiger partial charge in [-0.05, 0) is 55.8 Å². The van der Waals surface area contributed by atoms with Crippen LogP contribution < -0.4 is 5.32 Å². The second-order valence-corrected chi connectivity index (χ2v) is 12.8. The second-order valence-electron chi connectivity index (χ2n) is 12.8. The lowest BCUT2D eigenvalue weighted by molar-refractivity contribution is 0.0152. The first-order valence-electron chi connectivity index (χ1n) is 16.5. The Hall–Kier alpha value is -0.770. The Morgan fingerprint density at radius 1 is 0.703 bits per heavy atom. The van der Waals surface area contributed by atoms with Gasteiger partial charge < -0.3 is 15.0 Å². The number of likely N-dealkylation sites (tertiary alicyclic amines) is 1. The molecule has 1 saturated heterocycles. The van der Waals surface area contributed by atoms with Gasteiger partial charge in [0.05, 0.1) is 6.10 Å². The van der Waals surface area contributed by atoms with Crippen LogP contribution in [0.3, 0.4) is 0 Å². The zero-order valence-electron chi connectivity index (χ0n) is 26.0. The third-order valence-electron chi connectivity index (χ3n) is 8.65. The van der Waals surface area contributed by atoms with E-state index in [1.165, 1.54) is 83.5 Å². The number of ether oxygens (including phenoxy) is 1. The molecule has 0 aromatic carbocycles. The first-order valence-corrected chi connectivity index (χ1v) is 16.5. The van der Waals surface area contributed by atoms with Crippen molar-refractivity contribution in [3.8, 4) is 0 Å². The van der Waals surface area contributed by atoms with Gasteiger partial charge in [0, 0.05) is 26.2 Å². The molecular formula is C33H66N2O2. The van der Waals surface area contributed by atoms with Crippen LogP contribution in [-0.2, 0) is 4.74 Å². The van der Waals surface area contributed by atoms with Crippen molar-refractivity contribution in [3.05, 3.63) is 0 Å². The first kappa shape index (κ1) is 34.3. The lowest BCUT2D eigenvalue weighted by Crippen LogP contribution is -2.46. The van der Waals surface area contributed by atoms with E-state index < -0.39 is 0 Å². The first-order chi connectivity index (χ1) is 17.8. The second kappa shape index (κ2) is 22.1. The molecule has 0 aromatic heterocycles. The molecule has 4 unspecified atom stereocenters. The van der Waals surface area contributed by atoms with Crippen LogP contribution in [-0.4, -0.2) is 43.3 Å². The van der Waals surface area contributed by atoms with E-state index in [9.17, 15) is 4.79 Å². The molecule has 0 aromatic rings. The summed E-state index contributed by atoms with van der Waals surface area (Å²) in [6, 6.07) is 0.117. The van der Waals surface area contributed by atoms with E-state index >= 15 is 0 Å². The molecule has 1 N–H and O–H groups in total. The Bertz CT molecular complexity index is 532. The van der Waals surface area contributed by atoms with Crippen LogP contribution in [0.1, 0.15) is 151 Å². The van der Waals surface area contributed by atoms with Crippen molar-refractivity contribution >= 4 is 6.03 Å². The molecule has 1 heterocycles. The molecule has 2 amide bonds. The predicted molar refractivity (Wildman–Crippen MR) is 161 cm³/mol. The van der Waals surface area contributed by atoms with Crippen LogP contribution in [0.25, 0.3) is 0 Å². The van der Waals surface area contributed by atoms with E-state index in [1.54, 1.807) is 0 Å². The highest BCUT2D eigenvalue weighted by atomic mass is 16.5. The van der Waals surface area contributed by atoms with Crippen molar-refractivity contribution < 1.29 is 9.53 Å². The number of rotatable bonds is 22. The molecular weight excluding hydrogens is 456 g/mol. The molecule has 1 fully saturated rings. The van der Waals surface area contributed by atoms with E-state index in [2.05, 4.69) is 46.9 Å². The van der Waals surface area contributed by atoms with Gasteiger partial charge in [-0.1, -0.05) is 119 Å². The molecule has 4 nitrogen and oxygen atoms in total. The fourth-order valence-electron chi connectivity index (χ4n) is 5.95. The molecule has 0 spiro atoms. The third kappa shape index (κ3) is 18.2. The summed E-state index contributed by atoms with van der Waals surface area (Å²) in [4.78, 5) is 14.4. The monoisotopic (exact) mass is 523 g/mol. The fourth-order valence-corrected chi connectivity index (χ4v) is 5.95. The van der Waals surface area contributed by atoms with E-state index in [0.29, 0.717) is 6.10 Å². The molecule has 0 saturated carbocycles. The number of unbranched alkanes of at least 4 members (excludes halogenated alkanes) is 1. The maximum atomic E-state index is 12.4. The summed E-state index contributed by atoms with van der Waals surface area (Å²) in [6.45, 7) is 17.5. The molecule has 1 aliphatic rings. The van der Waals surface area contributed by atoms with Crippen molar-refractivity contribution in [3.63, 3.8) is 0 Å². The van der Waals surface area contributed by atoms with Crippen molar-refractivity contribution in [1.82, 2.24) is 10.2 Å². The van der Waals surface area contributed by atoms with E-state index in [4.69, 9.17) is 4.74 Å². The topological polar surface area (TPSA) is 41.6 Å². The lowest BCUT2D eigenvalue weighted by Gasteiger charge is -2.32. The van der Waals surface area contributed by atoms with Gasteiger partial charge in [-0.25, -0.2) is 4.79 Å². The van der Waals surface area contributed by atoms with Crippen molar-refractivity contribution in [2.45, 2.75) is 157 Å². The minimum Gasteiger partial charge on any atom is -0.378 e. The van der Waals surface area contributed by atoms with Crippen LogP contribution in [0.4, 0.5) is 4.79 Å². The summed E-state index contributed by atoms with van der Waals surface area (Å²) in [6.07, 6.45) is 22.4. The largest absolute Gasteiger partial charge is 0.378 e. The third-order valence-corrected chi connectivity index (χ3v) is 8.65. The number of piperidine rings is 1. The van der Waals surface area contributed by atoms with Crippen molar-refractivity contribution in [2.75, 3.05) is 26.2 Å². The van der Waals surface area contributed by atoms with E-state index in [-0.39, 0.29) is 6.03 Å². The highest BCUT2D eigenvalue weighted by Crippen LogP contribution is 2.23. The number of carbonyl (C=O) groups is 1. The average molecular weight is 523 g/mol. The van der Waals surface area contributed by atoms with Gasteiger partial charge in [0.1, 0.15) is 0 Å². The molecule has 0 aliphatic carbocycles. The molecule has 4 heteroatoms. The summed E-state index contributed by atoms with van der Waals surface area (Å²) >= 11 is 0. The number of urea groups is 1. The Labute approximate surface area is 232 Å². The molecule has 0 bridgehead atoms. The van der Waals surface area contributed by atoms with E-state index in [1.807, 2.05) is 4.90 Å². The predicted octanol–water partition coefficient (Wildman–Crippen LogP) is 9.61. The summed E-state index contributed by atoms with van der Waals surface area (Å²) in [5.74, 6) is 3.46. The normalized spacial score (nSPS) is 17.9. The minimum atomic E-state index is 0.117. The van der Waals surface area contributed by atoms with Crippen LogP contribution in [0.2, 0.25) is 0 Å². The number of amides is 2. The maximum absolute atomic E-state index is 12.4. The van der Waals surface area contributed by atoms with Crippen LogP contribution >= 0.6 is 0 Å². The molecule has 1 rings (SSSR count). The van der Waals surface area contributed by atoms with Gasteiger partial charge in [-0.3, -0.25) is 0 Å². The molecule has 4 atom stereocenters. The van der Waals surface area contributed by atoms with Gasteiger partial charge in [-0.2, -0.15) is 0 Å². The Kier molecular flexibility index (Phi) is 20.5. The Morgan fingerprint density at radius 3 is 1.65 bits per heavy atom. The molecule has 37 heavy (non-hydrogen) atoms. The highest BCUT2D eigenvalue weighted by molar-refractivity contribution is 5.74. The van der Waals surface area contributed by atoms with Crippen LogP contribution in [0.5, 0.6) is 0 Å². The zero-order valence-corrected chi connectivity index (χ0v) is 26.0. The Morgan fingerprint density at radius 2 is 1.16 bits per heavy atom.